The van der Waals surface area contributed by atoms with Crippen LogP contribution in [-0.2, 0) is 4.74 Å². The summed E-state index contributed by atoms with van der Waals surface area (Å²) in [5, 5.41) is 10.9. The average molecular weight is 377 g/mol. The summed E-state index contributed by atoms with van der Waals surface area (Å²) in [6, 6.07) is 5.64. The highest BCUT2D eigenvalue weighted by molar-refractivity contribution is 9.10. The van der Waals surface area contributed by atoms with Crippen LogP contribution in [0.1, 0.15) is 30.9 Å². The molecule has 0 bridgehead atoms. The number of piperidine rings is 1. The molecule has 1 saturated heterocycles. The van der Waals surface area contributed by atoms with E-state index in [4.69, 9.17) is 16.3 Å². The Labute approximate surface area is 140 Å². The maximum absolute atomic E-state index is 10.3. The standard InChI is InChI=1S/C16H23BrClNO2/c1-21-11-12-4-7-19(8-5-12)9-6-16(20)14-3-2-13(17)10-15(14)18/h2-3,10,12,16,20H,4-9,11H2,1H3. The number of likely N-dealkylation sites (tertiary alicyclic amines) is 1. The van der Waals surface area contributed by atoms with Gasteiger partial charge in [0, 0.05) is 29.8 Å². The number of nitrogens with zero attached hydrogens (tertiary/aromatic N) is 1. The fourth-order valence-corrected chi connectivity index (χ4v) is 3.64. The molecule has 118 valence electrons. The van der Waals surface area contributed by atoms with E-state index in [2.05, 4.69) is 20.8 Å². The van der Waals surface area contributed by atoms with Crippen LogP contribution in [0.2, 0.25) is 5.02 Å². The minimum Gasteiger partial charge on any atom is -0.388 e. The van der Waals surface area contributed by atoms with Crippen LogP contribution < -0.4 is 0 Å². The molecule has 0 aliphatic carbocycles. The largest absolute Gasteiger partial charge is 0.388 e. The summed E-state index contributed by atoms with van der Waals surface area (Å²) < 4.78 is 6.15. The molecule has 1 aromatic rings. The van der Waals surface area contributed by atoms with Crippen molar-refractivity contribution < 1.29 is 9.84 Å². The number of hydrogen-bond donors (Lipinski definition) is 1. The molecular weight excluding hydrogens is 354 g/mol. The number of halogens is 2. The minimum atomic E-state index is -0.498. The smallest absolute Gasteiger partial charge is 0.0816 e. The highest BCUT2D eigenvalue weighted by Gasteiger charge is 2.20. The third kappa shape index (κ3) is 5.22. The number of aliphatic hydroxyl groups is 1. The van der Waals surface area contributed by atoms with E-state index in [1.54, 1.807) is 7.11 Å². The normalized spacial score (nSPS) is 18.9. The summed E-state index contributed by atoms with van der Waals surface area (Å²) in [4.78, 5) is 2.42. The van der Waals surface area contributed by atoms with Gasteiger partial charge < -0.3 is 14.7 Å². The number of methoxy groups -OCH3 is 1. The summed E-state index contributed by atoms with van der Waals surface area (Å²) in [6.07, 6.45) is 2.59. The Kier molecular flexibility index (Phi) is 6.96. The first-order valence-electron chi connectivity index (χ1n) is 7.44. The summed E-state index contributed by atoms with van der Waals surface area (Å²) in [6.45, 7) is 3.96. The molecule has 1 aliphatic rings. The maximum Gasteiger partial charge on any atom is 0.0816 e. The lowest BCUT2D eigenvalue weighted by Crippen LogP contribution is -2.36. The molecule has 1 aromatic carbocycles. The fourth-order valence-electron chi connectivity index (χ4n) is 2.84. The van der Waals surface area contributed by atoms with Gasteiger partial charge in [0.05, 0.1) is 6.10 Å². The summed E-state index contributed by atoms with van der Waals surface area (Å²) in [5.41, 5.74) is 0.814. The number of aliphatic hydroxyl groups excluding tert-OH is 1. The van der Waals surface area contributed by atoms with Gasteiger partial charge in [0.2, 0.25) is 0 Å². The van der Waals surface area contributed by atoms with Crippen molar-refractivity contribution in [2.24, 2.45) is 5.92 Å². The topological polar surface area (TPSA) is 32.7 Å². The van der Waals surface area contributed by atoms with Gasteiger partial charge in [-0.1, -0.05) is 33.6 Å². The molecule has 1 unspecified atom stereocenters. The van der Waals surface area contributed by atoms with Crippen LogP contribution in [0.5, 0.6) is 0 Å². The first-order chi connectivity index (χ1) is 10.1. The number of benzene rings is 1. The quantitative estimate of drug-likeness (QED) is 0.817. The van der Waals surface area contributed by atoms with Crippen molar-refractivity contribution >= 4 is 27.5 Å². The van der Waals surface area contributed by atoms with Gasteiger partial charge in [0.25, 0.3) is 0 Å². The van der Waals surface area contributed by atoms with Crippen LogP contribution in [0.3, 0.4) is 0 Å². The van der Waals surface area contributed by atoms with Crippen LogP contribution in [0.25, 0.3) is 0 Å². The van der Waals surface area contributed by atoms with E-state index in [-0.39, 0.29) is 0 Å². The third-order valence-corrected chi connectivity index (χ3v) is 4.97. The van der Waals surface area contributed by atoms with Gasteiger partial charge in [0.1, 0.15) is 0 Å². The van der Waals surface area contributed by atoms with Crippen molar-refractivity contribution in [3.05, 3.63) is 33.3 Å². The zero-order valence-electron chi connectivity index (χ0n) is 12.4. The SMILES string of the molecule is COCC1CCN(CCC(O)c2ccc(Br)cc2Cl)CC1. The van der Waals surface area contributed by atoms with Gasteiger partial charge in [-0.25, -0.2) is 0 Å². The molecule has 1 atom stereocenters. The van der Waals surface area contributed by atoms with E-state index < -0.39 is 6.10 Å². The molecular formula is C16H23BrClNO2. The lowest BCUT2D eigenvalue weighted by Gasteiger charge is -2.32. The molecule has 0 spiro atoms. The van der Waals surface area contributed by atoms with Gasteiger partial charge in [-0.2, -0.15) is 0 Å². The van der Waals surface area contributed by atoms with E-state index >= 15 is 0 Å². The van der Waals surface area contributed by atoms with Crippen LogP contribution in [0.15, 0.2) is 22.7 Å². The van der Waals surface area contributed by atoms with Gasteiger partial charge >= 0.3 is 0 Å². The van der Waals surface area contributed by atoms with E-state index in [9.17, 15) is 5.11 Å². The first-order valence-corrected chi connectivity index (χ1v) is 8.61. The predicted octanol–water partition coefficient (Wildman–Crippen LogP) is 3.88. The molecule has 1 heterocycles. The minimum absolute atomic E-state index is 0.498. The van der Waals surface area contributed by atoms with Gasteiger partial charge in [-0.05, 0) is 56.0 Å². The maximum atomic E-state index is 10.3. The summed E-state index contributed by atoms with van der Waals surface area (Å²) in [5.74, 6) is 0.692. The Morgan fingerprint density at radius 1 is 1.43 bits per heavy atom. The Bertz CT molecular complexity index is 450. The molecule has 5 heteroatoms. The van der Waals surface area contributed by atoms with Gasteiger partial charge in [0.15, 0.2) is 0 Å². The third-order valence-electron chi connectivity index (χ3n) is 4.15. The second-order valence-electron chi connectivity index (χ2n) is 5.71. The first kappa shape index (κ1) is 17.2. The lowest BCUT2D eigenvalue weighted by atomic mass is 9.97. The average Bonchev–Trinajstić information content (AvgIpc) is 2.46. The van der Waals surface area contributed by atoms with E-state index in [0.717, 1.165) is 42.7 Å². The van der Waals surface area contributed by atoms with Gasteiger partial charge in [-0.3, -0.25) is 0 Å². The van der Waals surface area contributed by atoms with Crippen molar-refractivity contribution in [1.82, 2.24) is 4.90 Å². The summed E-state index contributed by atoms with van der Waals surface area (Å²) in [7, 11) is 1.77. The molecule has 1 N–H and O–H groups in total. The molecule has 0 aromatic heterocycles. The second kappa shape index (κ2) is 8.49. The van der Waals surface area contributed by atoms with Crippen LogP contribution >= 0.6 is 27.5 Å². The monoisotopic (exact) mass is 375 g/mol. The molecule has 3 nitrogen and oxygen atoms in total. The van der Waals surface area contributed by atoms with Crippen molar-refractivity contribution in [1.29, 1.82) is 0 Å². The molecule has 1 aliphatic heterocycles. The van der Waals surface area contributed by atoms with E-state index in [1.165, 1.54) is 12.8 Å². The second-order valence-corrected chi connectivity index (χ2v) is 7.03. The number of hydrogen-bond acceptors (Lipinski definition) is 3. The Hall–Kier alpha value is -0.130. The molecule has 0 amide bonds. The molecule has 21 heavy (non-hydrogen) atoms. The van der Waals surface area contributed by atoms with Crippen molar-refractivity contribution in [3.63, 3.8) is 0 Å². The highest BCUT2D eigenvalue weighted by Crippen LogP contribution is 2.28. The number of rotatable bonds is 6. The van der Waals surface area contributed by atoms with Crippen LogP contribution in [-0.4, -0.2) is 43.4 Å². The van der Waals surface area contributed by atoms with Crippen LogP contribution in [0, 0.1) is 5.92 Å². The van der Waals surface area contributed by atoms with Crippen molar-refractivity contribution in [3.8, 4) is 0 Å². The molecule has 1 fully saturated rings. The van der Waals surface area contributed by atoms with Crippen LogP contribution in [0.4, 0.5) is 0 Å². The van der Waals surface area contributed by atoms with E-state index in [0.29, 0.717) is 10.9 Å². The molecule has 0 saturated carbocycles. The Balaban J connectivity index is 1.78. The number of ether oxygens (including phenoxy) is 1. The summed E-state index contributed by atoms with van der Waals surface area (Å²) >= 11 is 9.56. The van der Waals surface area contributed by atoms with E-state index in [1.807, 2.05) is 18.2 Å². The fraction of sp³-hybridized carbons (Fsp3) is 0.625. The Morgan fingerprint density at radius 3 is 2.76 bits per heavy atom. The predicted molar refractivity (Wildman–Crippen MR) is 89.8 cm³/mol. The molecule has 0 radical (unpaired) electrons. The van der Waals surface area contributed by atoms with Crippen molar-refractivity contribution in [2.75, 3.05) is 33.4 Å². The van der Waals surface area contributed by atoms with Crippen molar-refractivity contribution in [2.45, 2.75) is 25.4 Å². The Morgan fingerprint density at radius 2 is 2.14 bits per heavy atom. The highest BCUT2D eigenvalue weighted by atomic mass is 79.9. The van der Waals surface area contributed by atoms with Gasteiger partial charge in [-0.15, -0.1) is 0 Å². The molecule has 2 rings (SSSR count). The zero-order valence-corrected chi connectivity index (χ0v) is 14.7. The zero-order chi connectivity index (χ0) is 15.2. The lowest BCUT2D eigenvalue weighted by molar-refractivity contribution is 0.0869.